The van der Waals surface area contributed by atoms with Crippen molar-refractivity contribution in [3.8, 4) is 0 Å². The molecule has 0 spiro atoms. The highest BCUT2D eigenvalue weighted by atomic mass is 32.2. The van der Waals surface area contributed by atoms with Crippen LogP contribution in [0.4, 0.5) is 0 Å². The number of nitrogens with one attached hydrogen (secondary N) is 1. The van der Waals surface area contributed by atoms with E-state index >= 15 is 0 Å². The lowest BCUT2D eigenvalue weighted by Crippen LogP contribution is -2.48. The molecule has 2 bridgehead atoms. The first-order valence-electron chi connectivity index (χ1n) is 8.66. The van der Waals surface area contributed by atoms with E-state index in [9.17, 15) is 13.2 Å². The molecular weight excluding hydrogens is 324 g/mol. The minimum absolute atomic E-state index is 0.0476. The zero-order valence-corrected chi connectivity index (χ0v) is 15.2. The third-order valence-electron chi connectivity index (χ3n) is 5.35. The van der Waals surface area contributed by atoms with Crippen molar-refractivity contribution in [3.05, 3.63) is 29.8 Å². The van der Waals surface area contributed by atoms with Gasteiger partial charge in [0.1, 0.15) is 0 Å². The van der Waals surface area contributed by atoms with Gasteiger partial charge in [0.05, 0.1) is 10.6 Å². The number of carbonyl (C=O) groups excluding carboxylic acids is 1. The Morgan fingerprint density at radius 2 is 1.75 bits per heavy atom. The Morgan fingerprint density at radius 1 is 1.17 bits per heavy atom. The first kappa shape index (κ1) is 17.4. The topological polar surface area (TPSA) is 66.5 Å². The van der Waals surface area contributed by atoms with Crippen molar-refractivity contribution in [1.29, 1.82) is 0 Å². The number of hydrogen-bond donors (Lipinski definition) is 1. The molecule has 1 aromatic rings. The van der Waals surface area contributed by atoms with Gasteiger partial charge in [-0.05, 0) is 44.7 Å². The van der Waals surface area contributed by atoms with E-state index in [-0.39, 0.29) is 24.1 Å². The van der Waals surface area contributed by atoms with E-state index in [2.05, 4.69) is 5.32 Å². The summed E-state index contributed by atoms with van der Waals surface area (Å²) in [5.74, 6) is -0.200. The maximum absolute atomic E-state index is 12.4. The van der Waals surface area contributed by atoms with Gasteiger partial charge in [0.25, 0.3) is 0 Å². The fourth-order valence-electron chi connectivity index (χ4n) is 3.81. The normalized spacial score (nSPS) is 26.3. The number of carbonyl (C=O) groups is 1. The Hall–Kier alpha value is -1.40. The van der Waals surface area contributed by atoms with Crippen LogP contribution in [0.1, 0.15) is 37.7 Å². The van der Waals surface area contributed by atoms with Crippen LogP contribution < -0.4 is 5.32 Å². The Morgan fingerprint density at radius 3 is 2.33 bits per heavy atom. The van der Waals surface area contributed by atoms with Gasteiger partial charge in [-0.2, -0.15) is 0 Å². The average Bonchev–Trinajstić information content (AvgIpc) is 2.90. The fourth-order valence-corrected chi connectivity index (χ4v) is 5.04. The van der Waals surface area contributed by atoms with Crippen molar-refractivity contribution >= 4 is 15.7 Å². The molecule has 1 amide bonds. The summed E-state index contributed by atoms with van der Waals surface area (Å²) in [6, 6.07) is 8.06. The van der Waals surface area contributed by atoms with Crippen molar-refractivity contribution in [2.45, 2.75) is 62.0 Å². The van der Waals surface area contributed by atoms with Gasteiger partial charge >= 0.3 is 0 Å². The van der Waals surface area contributed by atoms with Gasteiger partial charge in [0.15, 0.2) is 9.84 Å². The molecule has 2 atom stereocenters. The summed E-state index contributed by atoms with van der Waals surface area (Å²) in [6.07, 6.45) is 4.37. The lowest BCUT2D eigenvalue weighted by molar-refractivity contribution is -0.132. The van der Waals surface area contributed by atoms with Gasteiger partial charge in [-0.1, -0.05) is 17.7 Å². The summed E-state index contributed by atoms with van der Waals surface area (Å²) in [7, 11) is -1.59. The second-order valence-corrected chi connectivity index (χ2v) is 9.26. The van der Waals surface area contributed by atoms with E-state index in [1.54, 1.807) is 29.2 Å². The summed E-state index contributed by atoms with van der Waals surface area (Å²) < 4.78 is 24.8. The van der Waals surface area contributed by atoms with Crippen molar-refractivity contribution < 1.29 is 13.2 Å². The third kappa shape index (κ3) is 3.81. The molecule has 2 heterocycles. The second-order valence-electron chi connectivity index (χ2n) is 7.15. The molecule has 0 saturated carbocycles. The summed E-state index contributed by atoms with van der Waals surface area (Å²) >= 11 is 0. The molecule has 24 heavy (non-hydrogen) atoms. The predicted molar refractivity (Wildman–Crippen MR) is 93.6 cm³/mol. The average molecular weight is 350 g/mol. The molecule has 1 aromatic carbocycles. The summed E-state index contributed by atoms with van der Waals surface area (Å²) in [6.45, 7) is 1.92. The van der Waals surface area contributed by atoms with Crippen LogP contribution in [0.25, 0.3) is 0 Å². The number of fused-ring (bicyclic) bond motifs is 2. The SMILES string of the molecule is Cc1ccc(S(=O)(=O)CCC(=O)N(C)C2CC3CCC(C2)N3)cc1. The standard InChI is InChI=1S/C18H26N2O3S/c1-13-3-7-17(8-4-13)24(22,23)10-9-18(21)20(2)16-11-14-5-6-15(12-16)19-14/h3-4,7-8,14-16,19H,5-6,9-12H2,1-2H3. The van der Waals surface area contributed by atoms with Crippen molar-refractivity contribution in [3.63, 3.8) is 0 Å². The van der Waals surface area contributed by atoms with Crippen LogP contribution in [0.2, 0.25) is 0 Å². The molecule has 0 aromatic heterocycles. The Labute approximate surface area is 144 Å². The molecule has 2 aliphatic heterocycles. The number of rotatable bonds is 5. The Balaban J connectivity index is 1.57. The molecule has 132 valence electrons. The summed E-state index contributed by atoms with van der Waals surface area (Å²) in [5, 5.41) is 3.56. The fraction of sp³-hybridized carbons (Fsp3) is 0.611. The highest BCUT2D eigenvalue weighted by Crippen LogP contribution is 2.29. The van der Waals surface area contributed by atoms with Crippen LogP contribution in [0.5, 0.6) is 0 Å². The van der Waals surface area contributed by atoms with Gasteiger partial charge < -0.3 is 10.2 Å². The molecule has 3 rings (SSSR count). The second kappa shape index (κ2) is 6.84. The van der Waals surface area contributed by atoms with Crippen LogP contribution in [0.15, 0.2) is 29.2 Å². The lowest BCUT2D eigenvalue weighted by Gasteiger charge is -2.35. The van der Waals surface area contributed by atoms with Crippen molar-refractivity contribution in [2.75, 3.05) is 12.8 Å². The monoisotopic (exact) mass is 350 g/mol. The largest absolute Gasteiger partial charge is 0.343 e. The lowest BCUT2D eigenvalue weighted by atomic mass is 9.98. The van der Waals surface area contributed by atoms with Crippen LogP contribution >= 0.6 is 0 Å². The maximum atomic E-state index is 12.4. The van der Waals surface area contributed by atoms with E-state index in [0.717, 1.165) is 18.4 Å². The molecular formula is C18H26N2O3S. The number of amides is 1. The van der Waals surface area contributed by atoms with Crippen LogP contribution in [0, 0.1) is 6.92 Å². The maximum Gasteiger partial charge on any atom is 0.223 e. The molecule has 1 N–H and O–H groups in total. The van der Waals surface area contributed by atoms with Gasteiger partial charge in [0.2, 0.25) is 5.91 Å². The van der Waals surface area contributed by atoms with Crippen molar-refractivity contribution in [1.82, 2.24) is 10.2 Å². The Kier molecular flexibility index (Phi) is 4.97. The van der Waals surface area contributed by atoms with Gasteiger partial charge in [-0.15, -0.1) is 0 Å². The minimum atomic E-state index is -3.41. The first-order chi connectivity index (χ1) is 11.3. The van der Waals surface area contributed by atoms with Crippen LogP contribution in [-0.4, -0.2) is 50.2 Å². The van der Waals surface area contributed by atoms with Crippen LogP contribution in [0.3, 0.4) is 0 Å². The molecule has 5 nitrogen and oxygen atoms in total. The zero-order valence-electron chi connectivity index (χ0n) is 14.4. The number of nitrogens with zero attached hydrogens (tertiary/aromatic N) is 1. The van der Waals surface area contributed by atoms with E-state index in [1.165, 1.54) is 12.8 Å². The smallest absolute Gasteiger partial charge is 0.223 e. The van der Waals surface area contributed by atoms with E-state index in [4.69, 9.17) is 0 Å². The molecule has 2 aliphatic rings. The molecule has 6 heteroatoms. The first-order valence-corrected chi connectivity index (χ1v) is 10.3. The van der Waals surface area contributed by atoms with Gasteiger partial charge in [0, 0.05) is 31.6 Å². The molecule has 2 fully saturated rings. The van der Waals surface area contributed by atoms with E-state index < -0.39 is 9.84 Å². The number of aryl methyl sites for hydroxylation is 1. The minimum Gasteiger partial charge on any atom is -0.343 e. The number of piperidine rings is 1. The molecule has 0 aliphatic carbocycles. The summed E-state index contributed by atoms with van der Waals surface area (Å²) in [4.78, 5) is 14.5. The number of sulfone groups is 1. The van der Waals surface area contributed by atoms with Crippen LogP contribution in [-0.2, 0) is 14.6 Å². The van der Waals surface area contributed by atoms with E-state index in [0.29, 0.717) is 17.0 Å². The van der Waals surface area contributed by atoms with Crippen molar-refractivity contribution in [2.24, 2.45) is 0 Å². The highest BCUT2D eigenvalue weighted by molar-refractivity contribution is 7.91. The molecule has 2 saturated heterocycles. The third-order valence-corrected chi connectivity index (χ3v) is 7.09. The quantitative estimate of drug-likeness (QED) is 0.881. The van der Waals surface area contributed by atoms with E-state index in [1.807, 2.05) is 14.0 Å². The molecule has 0 radical (unpaired) electrons. The molecule has 2 unspecified atom stereocenters. The van der Waals surface area contributed by atoms with Gasteiger partial charge in [-0.25, -0.2) is 8.42 Å². The number of benzene rings is 1. The Bertz CT molecular complexity index is 687. The predicted octanol–water partition coefficient (Wildman–Crippen LogP) is 1.90. The van der Waals surface area contributed by atoms with Gasteiger partial charge in [-0.3, -0.25) is 4.79 Å². The zero-order chi connectivity index (χ0) is 17.3. The summed E-state index contributed by atoms with van der Waals surface area (Å²) in [5.41, 5.74) is 1.02. The number of hydrogen-bond acceptors (Lipinski definition) is 4. The highest BCUT2D eigenvalue weighted by Gasteiger charge is 2.36.